The summed E-state index contributed by atoms with van der Waals surface area (Å²) in [5.41, 5.74) is 4.66. The number of carbonyl (C=O) groups excluding carboxylic acids is 1. The lowest BCUT2D eigenvalue weighted by molar-refractivity contribution is 0.0778. The first-order valence-corrected chi connectivity index (χ1v) is 12.8. The standard InChI is InChI=1S/C33H28N2O3/c1-21-7-9-27-23(17-21)5-3-13-32(27,37)29-19-25(11-15-34-29)31(36)26-12-16-35-30(20-26)33(38)14-4-6-24-18-22(2)8-10-28(24)33/h3-12,15-20,37-38H,13-14H2,1-2H3. The summed E-state index contributed by atoms with van der Waals surface area (Å²) < 4.78 is 0. The van der Waals surface area contributed by atoms with Crippen molar-refractivity contribution in [3.63, 3.8) is 0 Å². The van der Waals surface area contributed by atoms with Crippen molar-refractivity contribution in [3.05, 3.63) is 141 Å². The molecule has 6 rings (SSSR count). The minimum atomic E-state index is -1.33. The van der Waals surface area contributed by atoms with Crippen molar-refractivity contribution in [3.8, 4) is 0 Å². The Morgan fingerprint density at radius 1 is 0.684 bits per heavy atom. The Morgan fingerprint density at radius 2 is 1.13 bits per heavy atom. The summed E-state index contributed by atoms with van der Waals surface area (Å²) in [6.07, 6.45) is 11.8. The summed E-state index contributed by atoms with van der Waals surface area (Å²) in [4.78, 5) is 22.6. The van der Waals surface area contributed by atoms with Gasteiger partial charge in [0, 0.05) is 36.4 Å². The molecule has 0 amide bonds. The molecule has 5 heteroatoms. The van der Waals surface area contributed by atoms with Gasteiger partial charge in [0.05, 0.1) is 11.4 Å². The first kappa shape index (κ1) is 24.2. The number of fused-ring (bicyclic) bond motifs is 2. The average Bonchev–Trinajstić information content (AvgIpc) is 2.93. The Balaban J connectivity index is 1.36. The number of pyridine rings is 2. The molecule has 2 unspecified atom stereocenters. The maximum atomic E-state index is 13.7. The van der Waals surface area contributed by atoms with Crippen LogP contribution < -0.4 is 0 Å². The Hall–Kier alpha value is -4.19. The van der Waals surface area contributed by atoms with Crippen LogP contribution in [-0.4, -0.2) is 26.0 Å². The number of ketones is 1. The molecule has 4 aromatic rings. The molecule has 188 valence electrons. The van der Waals surface area contributed by atoms with E-state index in [1.807, 2.05) is 74.5 Å². The molecule has 0 spiro atoms. The van der Waals surface area contributed by atoms with E-state index < -0.39 is 11.2 Å². The third kappa shape index (κ3) is 3.92. The molecule has 0 fully saturated rings. The number of aromatic nitrogens is 2. The predicted molar refractivity (Wildman–Crippen MR) is 148 cm³/mol. The van der Waals surface area contributed by atoms with E-state index in [1.165, 1.54) is 0 Å². The van der Waals surface area contributed by atoms with Crippen molar-refractivity contribution in [1.82, 2.24) is 9.97 Å². The van der Waals surface area contributed by atoms with Gasteiger partial charge in [-0.1, -0.05) is 71.8 Å². The molecule has 38 heavy (non-hydrogen) atoms. The van der Waals surface area contributed by atoms with E-state index in [1.54, 1.807) is 36.7 Å². The van der Waals surface area contributed by atoms with Crippen molar-refractivity contribution >= 4 is 17.9 Å². The molecular formula is C33H28N2O3. The van der Waals surface area contributed by atoms with Crippen LogP contribution in [0.4, 0.5) is 0 Å². The zero-order chi connectivity index (χ0) is 26.5. The SMILES string of the molecule is Cc1ccc2c(c1)C=CCC2(O)c1cc(C(=O)c2ccnc(C3(O)CC=Cc4cc(C)ccc43)c2)ccn1. The molecule has 0 saturated carbocycles. The summed E-state index contributed by atoms with van der Waals surface area (Å²) in [6, 6.07) is 18.5. The Kier molecular flexibility index (Phi) is 5.71. The number of hydrogen-bond acceptors (Lipinski definition) is 5. The molecular weight excluding hydrogens is 472 g/mol. The Labute approximate surface area is 221 Å². The van der Waals surface area contributed by atoms with E-state index in [9.17, 15) is 15.0 Å². The van der Waals surface area contributed by atoms with Gasteiger partial charge in [-0.05, 0) is 60.4 Å². The molecule has 2 N–H and O–H groups in total. The molecule has 2 heterocycles. The van der Waals surface area contributed by atoms with Crippen LogP contribution in [0.15, 0.2) is 85.2 Å². The van der Waals surface area contributed by atoms with Crippen molar-refractivity contribution < 1.29 is 15.0 Å². The second-order valence-corrected chi connectivity index (χ2v) is 10.3. The van der Waals surface area contributed by atoms with Crippen molar-refractivity contribution in [2.75, 3.05) is 0 Å². The van der Waals surface area contributed by atoms with E-state index in [0.717, 1.165) is 33.4 Å². The highest BCUT2D eigenvalue weighted by atomic mass is 16.3. The quantitative estimate of drug-likeness (QED) is 0.355. The van der Waals surface area contributed by atoms with Crippen molar-refractivity contribution in [2.24, 2.45) is 0 Å². The van der Waals surface area contributed by atoms with Gasteiger partial charge in [-0.15, -0.1) is 0 Å². The fourth-order valence-corrected chi connectivity index (χ4v) is 5.57. The zero-order valence-corrected chi connectivity index (χ0v) is 21.3. The van der Waals surface area contributed by atoms with Gasteiger partial charge in [-0.2, -0.15) is 0 Å². The number of hydrogen-bond donors (Lipinski definition) is 2. The van der Waals surface area contributed by atoms with E-state index in [-0.39, 0.29) is 5.78 Å². The third-order valence-electron chi connectivity index (χ3n) is 7.62. The van der Waals surface area contributed by atoms with E-state index >= 15 is 0 Å². The van der Waals surface area contributed by atoms with Gasteiger partial charge in [0.15, 0.2) is 5.78 Å². The lowest BCUT2D eigenvalue weighted by Gasteiger charge is -2.32. The molecule has 2 aromatic heterocycles. The second-order valence-electron chi connectivity index (χ2n) is 10.3. The molecule has 2 aromatic carbocycles. The first-order valence-electron chi connectivity index (χ1n) is 12.8. The summed E-state index contributed by atoms with van der Waals surface area (Å²) in [6.45, 7) is 4.03. The highest BCUT2D eigenvalue weighted by molar-refractivity contribution is 6.09. The number of carbonyl (C=O) groups is 1. The summed E-state index contributed by atoms with van der Waals surface area (Å²) >= 11 is 0. The zero-order valence-electron chi connectivity index (χ0n) is 21.3. The fraction of sp³-hybridized carbons (Fsp3) is 0.182. The molecule has 2 aliphatic rings. The van der Waals surface area contributed by atoms with Gasteiger partial charge in [0.1, 0.15) is 11.2 Å². The first-order chi connectivity index (χ1) is 18.3. The molecule has 5 nitrogen and oxygen atoms in total. The lowest BCUT2D eigenvalue weighted by Crippen LogP contribution is -2.31. The maximum absolute atomic E-state index is 13.7. The Bertz CT molecular complexity index is 1530. The molecule has 0 saturated heterocycles. The van der Waals surface area contributed by atoms with Crippen LogP contribution in [-0.2, 0) is 11.2 Å². The van der Waals surface area contributed by atoms with E-state index in [4.69, 9.17) is 0 Å². The number of benzene rings is 2. The lowest BCUT2D eigenvalue weighted by atomic mass is 9.79. The molecule has 0 bridgehead atoms. The van der Waals surface area contributed by atoms with Crippen LogP contribution in [0.25, 0.3) is 12.2 Å². The molecule has 2 aliphatic carbocycles. The van der Waals surface area contributed by atoms with Crippen LogP contribution in [0.5, 0.6) is 0 Å². The van der Waals surface area contributed by atoms with Crippen LogP contribution >= 0.6 is 0 Å². The maximum Gasteiger partial charge on any atom is 0.193 e. The summed E-state index contributed by atoms with van der Waals surface area (Å²) in [5.74, 6) is -0.226. The van der Waals surface area contributed by atoms with Gasteiger partial charge in [0.2, 0.25) is 0 Å². The Morgan fingerprint density at radius 3 is 1.58 bits per heavy atom. The monoisotopic (exact) mass is 500 g/mol. The highest BCUT2D eigenvalue weighted by Crippen LogP contribution is 2.40. The number of rotatable bonds is 4. The summed E-state index contributed by atoms with van der Waals surface area (Å²) in [7, 11) is 0. The smallest absolute Gasteiger partial charge is 0.193 e. The summed E-state index contributed by atoms with van der Waals surface area (Å²) in [5, 5.41) is 23.5. The van der Waals surface area contributed by atoms with Gasteiger partial charge >= 0.3 is 0 Å². The number of nitrogens with zero attached hydrogens (tertiary/aromatic N) is 2. The second kappa shape index (κ2) is 8.98. The molecule has 0 radical (unpaired) electrons. The van der Waals surface area contributed by atoms with E-state index in [2.05, 4.69) is 9.97 Å². The van der Waals surface area contributed by atoms with Crippen LogP contribution in [0.2, 0.25) is 0 Å². The normalized spacial score (nSPS) is 21.6. The average molecular weight is 501 g/mol. The van der Waals surface area contributed by atoms with Gasteiger partial charge in [-0.25, -0.2) is 0 Å². The van der Waals surface area contributed by atoms with Gasteiger partial charge in [-0.3, -0.25) is 14.8 Å². The largest absolute Gasteiger partial charge is 0.378 e. The topological polar surface area (TPSA) is 83.3 Å². The number of aliphatic hydroxyl groups is 2. The minimum absolute atomic E-state index is 0.226. The number of aryl methyl sites for hydroxylation is 2. The minimum Gasteiger partial charge on any atom is -0.378 e. The van der Waals surface area contributed by atoms with Crippen molar-refractivity contribution in [1.29, 1.82) is 0 Å². The van der Waals surface area contributed by atoms with Crippen molar-refractivity contribution in [2.45, 2.75) is 37.9 Å². The van der Waals surface area contributed by atoms with Gasteiger partial charge < -0.3 is 10.2 Å². The fourth-order valence-electron chi connectivity index (χ4n) is 5.57. The van der Waals surface area contributed by atoms with Crippen LogP contribution in [0, 0.1) is 13.8 Å². The van der Waals surface area contributed by atoms with Crippen LogP contribution in [0.1, 0.15) is 73.5 Å². The highest BCUT2D eigenvalue weighted by Gasteiger charge is 2.37. The predicted octanol–water partition coefficient (Wildman–Crippen LogP) is 5.63. The van der Waals surface area contributed by atoms with E-state index in [0.29, 0.717) is 35.4 Å². The van der Waals surface area contributed by atoms with Gasteiger partial charge in [0.25, 0.3) is 0 Å². The third-order valence-corrected chi connectivity index (χ3v) is 7.62. The molecule has 2 atom stereocenters. The van der Waals surface area contributed by atoms with Crippen LogP contribution in [0.3, 0.4) is 0 Å². The molecule has 0 aliphatic heterocycles.